The lowest BCUT2D eigenvalue weighted by atomic mass is 10.1. The van der Waals surface area contributed by atoms with Crippen LogP contribution in [0.25, 0.3) is 11.1 Å². The Morgan fingerprint density at radius 3 is 2.79 bits per heavy atom. The molecule has 2 aromatic rings. The third kappa shape index (κ3) is 3.78. The number of aromatic nitrogens is 3. The first-order valence-electron chi connectivity index (χ1n) is 5.09. The van der Waals surface area contributed by atoms with E-state index in [1.54, 1.807) is 12.1 Å². The topological polar surface area (TPSA) is 47.9 Å². The summed E-state index contributed by atoms with van der Waals surface area (Å²) >= 11 is 5.68. The van der Waals surface area contributed by atoms with Crippen LogP contribution in [-0.4, -0.2) is 28.0 Å². The van der Waals surface area contributed by atoms with Gasteiger partial charge in [0, 0.05) is 17.3 Å². The van der Waals surface area contributed by atoms with Crippen LogP contribution in [0, 0.1) is 0 Å². The van der Waals surface area contributed by atoms with Crippen LogP contribution >= 0.6 is 11.6 Å². The Morgan fingerprint density at radius 2 is 2.11 bits per heavy atom. The van der Waals surface area contributed by atoms with Crippen molar-refractivity contribution >= 4 is 11.6 Å². The summed E-state index contributed by atoms with van der Waals surface area (Å²) in [4.78, 5) is 3.77. The number of halogens is 4. The van der Waals surface area contributed by atoms with E-state index in [4.69, 9.17) is 11.6 Å². The van der Waals surface area contributed by atoms with Crippen molar-refractivity contribution in [3.05, 3.63) is 35.7 Å². The predicted molar refractivity (Wildman–Crippen MR) is 61.8 cm³/mol. The van der Waals surface area contributed by atoms with Gasteiger partial charge in [0.25, 0.3) is 0 Å². The van der Waals surface area contributed by atoms with Gasteiger partial charge in [-0.15, -0.1) is 5.10 Å². The summed E-state index contributed by atoms with van der Waals surface area (Å²) in [5.41, 5.74) is 0.842. The van der Waals surface area contributed by atoms with Crippen molar-refractivity contribution in [3.63, 3.8) is 0 Å². The van der Waals surface area contributed by atoms with Crippen LogP contribution in [-0.2, 0) is 0 Å². The van der Waals surface area contributed by atoms with Crippen LogP contribution in [0.2, 0.25) is 5.15 Å². The lowest BCUT2D eigenvalue weighted by Gasteiger charge is -2.11. The smallest absolute Gasteiger partial charge is 0.422 e. The van der Waals surface area contributed by atoms with Crippen LogP contribution in [0.4, 0.5) is 13.2 Å². The number of rotatable bonds is 3. The normalized spacial score (nSPS) is 11.4. The zero-order valence-corrected chi connectivity index (χ0v) is 10.1. The lowest BCUT2D eigenvalue weighted by Crippen LogP contribution is -2.19. The summed E-state index contributed by atoms with van der Waals surface area (Å²) in [7, 11) is 0. The Kier molecular flexibility index (Phi) is 3.84. The Hall–Kier alpha value is -1.89. The molecule has 0 amide bonds. The second kappa shape index (κ2) is 5.40. The van der Waals surface area contributed by atoms with Gasteiger partial charge in [-0.1, -0.05) is 11.6 Å². The highest BCUT2D eigenvalue weighted by molar-refractivity contribution is 6.29. The molecule has 100 valence electrons. The van der Waals surface area contributed by atoms with E-state index >= 15 is 0 Å². The van der Waals surface area contributed by atoms with Gasteiger partial charge in [-0.3, -0.25) is 0 Å². The highest BCUT2D eigenvalue weighted by Crippen LogP contribution is 2.29. The number of alkyl halides is 3. The monoisotopic (exact) mass is 289 g/mol. The summed E-state index contributed by atoms with van der Waals surface area (Å²) in [6, 6.07) is 4.60. The molecule has 2 heterocycles. The molecular weight excluding hydrogens is 283 g/mol. The largest absolute Gasteiger partial charge is 0.468 e. The van der Waals surface area contributed by atoms with Gasteiger partial charge in [-0.2, -0.15) is 18.3 Å². The van der Waals surface area contributed by atoms with Crippen LogP contribution < -0.4 is 4.74 Å². The fraction of sp³-hybridized carbons (Fsp3) is 0.182. The molecule has 0 aliphatic rings. The molecule has 0 aliphatic heterocycles. The van der Waals surface area contributed by atoms with E-state index in [0.717, 1.165) is 0 Å². The highest BCUT2D eigenvalue weighted by Gasteiger charge is 2.29. The highest BCUT2D eigenvalue weighted by atomic mass is 35.5. The number of nitrogens with zero attached hydrogens (tertiary/aromatic N) is 3. The van der Waals surface area contributed by atoms with Crippen LogP contribution in [0.1, 0.15) is 0 Å². The van der Waals surface area contributed by atoms with Gasteiger partial charge in [0.15, 0.2) is 11.8 Å². The lowest BCUT2D eigenvalue weighted by molar-refractivity contribution is -0.154. The first-order valence-corrected chi connectivity index (χ1v) is 5.47. The van der Waals surface area contributed by atoms with E-state index in [0.29, 0.717) is 11.1 Å². The first kappa shape index (κ1) is 13.5. The van der Waals surface area contributed by atoms with E-state index < -0.39 is 12.8 Å². The summed E-state index contributed by atoms with van der Waals surface area (Å²) in [6.07, 6.45) is -1.72. The van der Waals surface area contributed by atoms with Crippen molar-refractivity contribution in [2.45, 2.75) is 6.18 Å². The molecule has 0 atom stereocenters. The maximum absolute atomic E-state index is 12.1. The summed E-state index contributed by atoms with van der Waals surface area (Å²) < 4.78 is 41.1. The molecule has 0 unspecified atom stereocenters. The summed E-state index contributed by atoms with van der Waals surface area (Å²) in [5.74, 6) is -0.135. The van der Waals surface area contributed by atoms with Gasteiger partial charge in [-0.05, 0) is 18.2 Å². The van der Waals surface area contributed by atoms with Gasteiger partial charge in [-0.25, -0.2) is 4.98 Å². The molecule has 8 heteroatoms. The minimum absolute atomic E-state index is 0.128. The van der Waals surface area contributed by atoms with Gasteiger partial charge >= 0.3 is 6.18 Å². The van der Waals surface area contributed by atoms with Crippen molar-refractivity contribution in [1.82, 2.24) is 15.2 Å². The Bertz CT molecular complexity index is 577. The molecule has 19 heavy (non-hydrogen) atoms. The minimum Gasteiger partial charge on any atom is -0.468 e. The van der Waals surface area contributed by atoms with Gasteiger partial charge in [0.1, 0.15) is 0 Å². The van der Waals surface area contributed by atoms with Crippen LogP contribution in [0.5, 0.6) is 5.88 Å². The third-order valence-corrected chi connectivity index (χ3v) is 2.26. The zero-order chi connectivity index (χ0) is 13.9. The van der Waals surface area contributed by atoms with E-state index in [1.165, 1.54) is 18.5 Å². The van der Waals surface area contributed by atoms with E-state index in [1.807, 2.05) is 0 Å². The second-order valence-electron chi connectivity index (χ2n) is 3.53. The fourth-order valence-electron chi connectivity index (χ4n) is 1.36. The van der Waals surface area contributed by atoms with Crippen molar-refractivity contribution in [2.24, 2.45) is 0 Å². The molecule has 4 nitrogen and oxygen atoms in total. The molecule has 0 spiro atoms. The van der Waals surface area contributed by atoms with E-state index in [2.05, 4.69) is 19.9 Å². The molecule has 2 rings (SSSR count). The molecule has 0 aromatic carbocycles. The SMILES string of the molecule is FC(F)(F)COc1ncccc1-c1cnnc(Cl)c1. The standard InChI is InChI=1S/C11H7ClF3N3O/c12-9-4-7(5-17-18-9)8-2-1-3-16-10(8)19-6-11(13,14)15/h1-5H,6H2. The Labute approximate surface area is 111 Å². The van der Waals surface area contributed by atoms with Gasteiger partial charge in [0.05, 0.1) is 6.20 Å². The fourth-order valence-corrected chi connectivity index (χ4v) is 1.52. The van der Waals surface area contributed by atoms with Crippen LogP contribution in [0.3, 0.4) is 0 Å². The second-order valence-corrected chi connectivity index (χ2v) is 3.91. The number of hydrogen-bond acceptors (Lipinski definition) is 4. The molecule has 0 N–H and O–H groups in total. The van der Waals surface area contributed by atoms with Crippen molar-refractivity contribution < 1.29 is 17.9 Å². The number of ether oxygens (including phenoxy) is 1. The predicted octanol–water partition coefficient (Wildman–Crippen LogP) is 3.13. The van der Waals surface area contributed by atoms with E-state index in [9.17, 15) is 13.2 Å². The summed E-state index contributed by atoms with van der Waals surface area (Å²) in [6.45, 7) is -1.41. The molecular formula is C11H7ClF3N3O. The minimum atomic E-state index is -4.43. The third-order valence-electron chi connectivity index (χ3n) is 2.08. The average Bonchev–Trinajstić information content (AvgIpc) is 2.36. The first-order chi connectivity index (χ1) is 8.96. The molecule has 0 saturated heterocycles. The Morgan fingerprint density at radius 1 is 1.32 bits per heavy atom. The zero-order valence-electron chi connectivity index (χ0n) is 9.36. The molecule has 2 aromatic heterocycles. The Balaban J connectivity index is 2.31. The molecule has 0 saturated carbocycles. The quantitative estimate of drug-likeness (QED) is 0.871. The molecule has 0 bridgehead atoms. The van der Waals surface area contributed by atoms with E-state index in [-0.39, 0.29) is 11.0 Å². The molecule has 0 aliphatic carbocycles. The van der Waals surface area contributed by atoms with Crippen molar-refractivity contribution in [3.8, 4) is 17.0 Å². The van der Waals surface area contributed by atoms with Crippen molar-refractivity contribution in [2.75, 3.05) is 6.61 Å². The molecule has 0 fully saturated rings. The maximum atomic E-state index is 12.1. The van der Waals surface area contributed by atoms with Crippen LogP contribution in [0.15, 0.2) is 30.6 Å². The average molecular weight is 290 g/mol. The summed E-state index contributed by atoms with van der Waals surface area (Å²) in [5, 5.41) is 7.31. The maximum Gasteiger partial charge on any atom is 0.422 e. The van der Waals surface area contributed by atoms with Crippen molar-refractivity contribution in [1.29, 1.82) is 0 Å². The molecule has 0 radical (unpaired) electrons. The van der Waals surface area contributed by atoms with Gasteiger partial charge < -0.3 is 4.74 Å². The number of hydrogen-bond donors (Lipinski definition) is 0. The number of pyridine rings is 1. The van der Waals surface area contributed by atoms with Gasteiger partial charge in [0.2, 0.25) is 5.88 Å².